The molecule has 0 saturated heterocycles. The molecular formula is C28H40N4O3S2. The Morgan fingerprint density at radius 1 is 0.730 bits per heavy atom. The fraction of sp³-hybridized carbons (Fsp3) is 0.464. The normalized spacial score (nSPS) is 12.9. The van der Waals surface area contributed by atoms with E-state index in [1.165, 1.54) is 35.3 Å². The fourth-order valence-corrected chi connectivity index (χ4v) is 5.68. The summed E-state index contributed by atoms with van der Waals surface area (Å²) in [4.78, 5) is 44.5. The summed E-state index contributed by atoms with van der Waals surface area (Å²) in [5, 5.41) is -0.379. The first-order valence-electron chi connectivity index (χ1n) is 12.6. The highest BCUT2D eigenvalue weighted by molar-refractivity contribution is 8.14. The van der Waals surface area contributed by atoms with Crippen molar-refractivity contribution in [2.45, 2.75) is 53.6 Å². The summed E-state index contributed by atoms with van der Waals surface area (Å²) < 4.78 is 0. The molecule has 0 radical (unpaired) electrons. The van der Waals surface area contributed by atoms with Crippen LogP contribution >= 0.6 is 23.5 Å². The number of nitrogen functional groups attached to an aromatic ring is 2. The van der Waals surface area contributed by atoms with Gasteiger partial charge in [-0.1, -0.05) is 51.2 Å². The van der Waals surface area contributed by atoms with E-state index in [0.29, 0.717) is 35.1 Å². The molecule has 0 aliphatic carbocycles. The lowest BCUT2D eigenvalue weighted by atomic mass is 10.0. The topological polar surface area (TPSA) is 110 Å². The molecule has 37 heavy (non-hydrogen) atoms. The molecule has 9 heteroatoms. The van der Waals surface area contributed by atoms with Crippen molar-refractivity contribution in [2.75, 3.05) is 39.3 Å². The molecule has 0 heterocycles. The Morgan fingerprint density at radius 3 is 1.51 bits per heavy atom. The third kappa shape index (κ3) is 8.71. The molecular weight excluding hydrogens is 504 g/mol. The molecule has 7 nitrogen and oxygen atoms in total. The maximum Gasteiger partial charge on any atom is 0.224 e. The summed E-state index contributed by atoms with van der Waals surface area (Å²) >= 11 is 2.37. The number of hydrogen-bond donors (Lipinski definition) is 2. The largest absolute Gasteiger partial charge is 0.399 e. The van der Waals surface area contributed by atoms with Gasteiger partial charge < -0.3 is 16.4 Å². The van der Waals surface area contributed by atoms with Crippen molar-refractivity contribution in [3.8, 4) is 0 Å². The average Bonchev–Trinajstić information content (AvgIpc) is 2.84. The van der Waals surface area contributed by atoms with E-state index in [1.54, 1.807) is 36.4 Å². The highest BCUT2D eigenvalue weighted by Crippen LogP contribution is 2.32. The smallest absolute Gasteiger partial charge is 0.224 e. The van der Waals surface area contributed by atoms with Gasteiger partial charge in [0.05, 0.1) is 0 Å². The zero-order valence-electron chi connectivity index (χ0n) is 22.6. The molecule has 0 spiro atoms. The number of carbonyl (C=O) groups excluding carboxylic acids is 3. The molecule has 2 atom stereocenters. The van der Waals surface area contributed by atoms with Crippen LogP contribution in [0.5, 0.6) is 0 Å². The highest BCUT2D eigenvalue weighted by Gasteiger charge is 2.43. The highest BCUT2D eigenvalue weighted by atomic mass is 32.2. The van der Waals surface area contributed by atoms with E-state index in [2.05, 4.69) is 0 Å². The lowest BCUT2D eigenvalue weighted by Gasteiger charge is -2.41. The van der Waals surface area contributed by atoms with E-state index in [0.717, 1.165) is 5.69 Å². The first kappa shape index (κ1) is 30.6. The van der Waals surface area contributed by atoms with Crippen molar-refractivity contribution in [3.05, 3.63) is 48.5 Å². The zero-order chi connectivity index (χ0) is 27.7. The number of nitrogens with zero attached hydrogens (tertiary/aromatic N) is 2. The number of hydrogen-bond acceptors (Lipinski definition) is 8. The summed E-state index contributed by atoms with van der Waals surface area (Å²) in [6.45, 7) is 12.0. The molecule has 0 saturated carbocycles. The number of benzene rings is 2. The molecule has 1 amide bonds. The molecule has 2 rings (SSSR count). The van der Waals surface area contributed by atoms with Crippen molar-refractivity contribution >= 4 is 62.4 Å². The molecule has 0 aliphatic rings. The number of carbonyl (C=O) groups is 3. The number of amides is 1. The van der Waals surface area contributed by atoms with E-state index in [-0.39, 0.29) is 28.0 Å². The molecule has 0 bridgehead atoms. The standard InChI is InChI=1S/C28H40N4O3S2/c1-7-31(23-12-8-21(29)9-13-23)25(27(34)36-16-18(2)3)26(28(35)37-17-19(4)5)32(20(6)33)24-14-10-22(30)11-15-24/h8-15,18-19,25-26H,7,16-17,29-30H2,1-6H3/t25-,26+/m0/s1. The lowest BCUT2D eigenvalue weighted by Crippen LogP contribution is -2.60. The van der Waals surface area contributed by atoms with Gasteiger partial charge in [0.15, 0.2) is 0 Å². The van der Waals surface area contributed by atoms with E-state index >= 15 is 0 Å². The first-order valence-corrected chi connectivity index (χ1v) is 14.5. The van der Waals surface area contributed by atoms with Crippen LogP contribution in [0.25, 0.3) is 0 Å². The van der Waals surface area contributed by atoms with Crippen molar-refractivity contribution in [1.82, 2.24) is 0 Å². The van der Waals surface area contributed by atoms with Gasteiger partial charge in [-0.3, -0.25) is 19.3 Å². The molecule has 2 aromatic rings. The van der Waals surface area contributed by atoms with Crippen LogP contribution in [0.15, 0.2) is 48.5 Å². The third-order valence-corrected chi connectivity index (χ3v) is 8.31. The quantitative estimate of drug-likeness (QED) is 0.347. The maximum atomic E-state index is 14.0. The molecule has 202 valence electrons. The lowest BCUT2D eigenvalue weighted by molar-refractivity contribution is -0.122. The maximum absolute atomic E-state index is 14.0. The van der Waals surface area contributed by atoms with Crippen molar-refractivity contribution < 1.29 is 14.4 Å². The predicted molar refractivity (Wildman–Crippen MR) is 160 cm³/mol. The molecule has 4 N–H and O–H groups in total. The fourth-order valence-electron chi connectivity index (χ4n) is 3.85. The number of anilines is 4. The Morgan fingerprint density at radius 2 is 1.14 bits per heavy atom. The molecule has 0 fully saturated rings. The van der Waals surface area contributed by atoms with Gasteiger partial charge in [-0.05, 0) is 67.3 Å². The third-order valence-electron chi connectivity index (χ3n) is 5.59. The van der Waals surface area contributed by atoms with E-state index in [4.69, 9.17) is 11.5 Å². The molecule has 0 unspecified atom stereocenters. The Balaban J connectivity index is 2.73. The Kier molecular flexibility index (Phi) is 11.8. The summed E-state index contributed by atoms with van der Waals surface area (Å²) in [7, 11) is 0. The SMILES string of the molecule is CCN(c1ccc(N)cc1)[C@H](C(=O)SCC(C)C)[C@H](C(=O)SCC(C)C)N(C(C)=O)c1ccc(N)cc1. The molecule has 0 aromatic heterocycles. The summed E-state index contributed by atoms with van der Waals surface area (Å²) in [5.41, 5.74) is 14.3. The van der Waals surface area contributed by atoms with Gasteiger partial charge in [0.2, 0.25) is 16.1 Å². The van der Waals surface area contributed by atoms with Gasteiger partial charge in [-0.2, -0.15) is 0 Å². The minimum absolute atomic E-state index is 0.155. The van der Waals surface area contributed by atoms with Crippen LogP contribution in [0.1, 0.15) is 41.5 Å². The minimum Gasteiger partial charge on any atom is -0.399 e. The van der Waals surface area contributed by atoms with Crippen LogP contribution in [0, 0.1) is 11.8 Å². The van der Waals surface area contributed by atoms with E-state index in [1.807, 2.05) is 51.7 Å². The second-order valence-electron chi connectivity index (χ2n) is 9.80. The second kappa shape index (κ2) is 14.3. The van der Waals surface area contributed by atoms with Gasteiger partial charge in [0.25, 0.3) is 0 Å². The van der Waals surface area contributed by atoms with Crippen LogP contribution in [0.4, 0.5) is 22.7 Å². The van der Waals surface area contributed by atoms with Gasteiger partial charge in [0, 0.05) is 47.7 Å². The second-order valence-corrected chi connectivity index (χ2v) is 11.8. The van der Waals surface area contributed by atoms with Gasteiger partial charge in [-0.15, -0.1) is 0 Å². The summed E-state index contributed by atoms with van der Waals surface area (Å²) in [5.74, 6) is 1.41. The average molecular weight is 545 g/mol. The zero-order valence-corrected chi connectivity index (χ0v) is 24.3. The summed E-state index contributed by atoms with van der Waals surface area (Å²) in [6.07, 6.45) is 0. The summed E-state index contributed by atoms with van der Waals surface area (Å²) in [6, 6.07) is 12.1. The van der Waals surface area contributed by atoms with Gasteiger partial charge in [0.1, 0.15) is 12.1 Å². The van der Waals surface area contributed by atoms with Crippen molar-refractivity contribution in [3.63, 3.8) is 0 Å². The van der Waals surface area contributed by atoms with Crippen molar-refractivity contribution in [1.29, 1.82) is 0 Å². The number of thioether (sulfide) groups is 2. The minimum atomic E-state index is -1.05. The number of nitrogens with two attached hydrogens (primary N) is 2. The van der Waals surface area contributed by atoms with E-state index < -0.39 is 12.1 Å². The number of likely N-dealkylation sites (N-methyl/N-ethyl adjacent to an activating group) is 1. The van der Waals surface area contributed by atoms with Crippen LogP contribution in [0.2, 0.25) is 0 Å². The van der Waals surface area contributed by atoms with Crippen LogP contribution in [-0.2, 0) is 14.4 Å². The van der Waals surface area contributed by atoms with Gasteiger partial charge >= 0.3 is 0 Å². The van der Waals surface area contributed by atoms with Gasteiger partial charge in [-0.25, -0.2) is 0 Å². The van der Waals surface area contributed by atoms with Crippen LogP contribution < -0.4 is 21.3 Å². The number of rotatable bonds is 12. The Hall–Kier alpha value is -2.65. The first-order chi connectivity index (χ1) is 17.5. The van der Waals surface area contributed by atoms with E-state index in [9.17, 15) is 14.4 Å². The molecule has 2 aromatic carbocycles. The van der Waals surface area contributed by atoms with Crippen LogP contribution in [-0.4, -0.2) is 46.3 Å². The van der Waals surface area contributed by atoms with Crippen LogP contribution in [0.3, 0.4) is 0 Å². The molecule has 0 aliphatic heterocycles. The predicted octanol–water partition coefficient (Wildman–Crippen LogP) is 5.30. The van der Waals surface area contributed by atoms with Crippen molar-refractivity contribution in [2.24, 2.45) is 11.8 Å². The monoisotopic (exact) mass is 544 g/mol. The Labute approximate surface area is 229 Å². The Bertz CT molecular complexity index is 1040.